The van der Waals surface area contributed by atoms with Crippen LogP contribution in [0.3, 0.4) is 0 Å². The van der Waals surface area contributed by atoms with Crippen molar-refractivity contribution in [1.82, 2.24) is 15.5 Å². The van der Waals surface area contributed by atoms with Gasteiger partial charge >= 0.3 is 5.97 Å². The normalized spacial score (nSPS) is 16.6. The van der Waals surface area contributed by atoms with Gasteiger partial charge in [0, 0.05) is 11.3 Å². The summed E-state index contributed by atoms with van der Waals surface area (Å²) in [4.78, 5) is 12.1. The molecule has 5 heteroatoms. The fourth-order valence-electron chi connectivity index (χ4n) is 2.12. The van der Waals surface area contributed by atoms with Gasteiger partial charge in [0.15, 0.2) is 0 Å². The van der Waals surface area contributed by atoms with E-state index < -0.39 is 6.04 Å². The van der Waals surface area contributed by atoms with Crippen LogP contribution in [0.1, 0.15) is 42.8 Å². The molecule has 0 amide bonds. The molecule has 100 valence electrons. The van der Waals surface area contributed by atoms with Crippen molar-refractivity contribution in [2.45, 2.75) is 39.7 Å². The summed E-state index contributed by atoms with van der Waals surface area (Å²) in [6.45, 7) is 6.93. The predicted molar refractivity (Wildman–Crippen MR) is 68.2 cm³/mol. The Morgan fingerprint density at radius 2 is 2.28 bits per heavy atom. The lowest BCUT2D eigenvalue weighted by molar-refractivity contribution is -0.145. The Morgan fingerprint density at radius 1 is 1.56 bits per heavy atom. The molecule has 1 saturated carbocycles. The van der Waals surface area contributed by atoms with E-state index in [4.69, 9.17) is 4.74 Å². The van der Waals surface area contributed by atoms with Crippen LogP contribution in [0.15, 0.2) is 0 Å². The zero-order chi connectivity index (χ0) is 13.1. The lowest BCUT2D eigenvalue weighted by Gasteiger charge is -2.17. The highest BCUT2D eigenvalue weighted by Gasteiger charge is 2.29. The predicted octanol–water partition coefficient (Wildman–Crippen LogP) is 1.63. The highest BCUT2D eigenvalue weighted by molar-refractivity contribution is 5.78. The summed E-state index contributed by atoms with van der Waals surface area (Å²) >= 11 is 0. The lowest BCUT2D eigenvalue weighted by Crippen LogP contribution is -2.32. The summed E-state index contributed by atoms with van der Waals surface area (Å²) in [5.74, 6) is 0.500. The van der Waals surface area contributed by atoms with E-state index in [1.807, 2.05) is 20.8 Å². The number of nitrogens with one attached hydrogen (secondary N) is 2. The van der Waals surface area contributed by atoms with E-state index >= 15 is 0 Å². The quantitative estimate of drug-likeness (QED) is 0.754. The second-order valence-electron chi connectivity index (χ2n) is 4.88. The van der Waals surface area contributed by atoms with E-state index in [9.17, 15) is 4.79 Å². The van der Waals surface area contributed by atoms with Crippen LogP contribution < -0.4 is 5.32 Å². The van der Waals surface area contributed by atoms with Crippen LogP contribution in [0.4, 0.5) is 0 Å². The molecule has 2 N–H and O–H groups in total. The van der Waals surface area contributed by atoms with Gasteiger partial charge in [0.25, 0.3) is 0 Å². The van der Waals surface area contributed by atoms with Gasteiger partial charge in [-0.2, -0.15) is 5.10 Å². The maximum Gasteiger partial charge on any atom is 0.327 e. The fraction of sp³-hybridized carbons (Fsp3) is 0.692. The van der Waals surface area contributed by atoms with Gasteiger partial charge in [-0.25, -0.2) is 4.79 Å². The zero-order valence-electron chi connectivity index (χ0n) is 11.2. The molecule has 5 nitrogen and oxygen atoms in total. The number of H-pyrrole nitrogens is 1. The van der Waals surface area contributed by atoms with Crippen LogP contribution >= 0.6 is 0 Å². The zero-order valence-corrected chi connectivity index (χ0v) is 11.2. The molecule has 1 aromatic heterocycles. The second-order valence-corrected chi connectivity index (χ2v) is 4.88. The number of rotatable bonds is 6. The van der Waals surface area contributed by atoms with Crippen molar-refractivity contribution < 1.29 is 9.53 Å². The summed E-state index contributed by atoms with van der Waals surface area (Å²) < 4.78 is 5.15. The number of nitrogens with zero attached hydrogens (tertiary/aromatic N) is 1. The molecule has 1 aromatic rings. The van der Waals surface area contributed by atoms with Crippen molar-refractivity contribution in [3.05, 3.63) is 17.0 Å². The van der Waals surface area contributed by atoms with Gasteiger partial charge in [0.05, 0.1) is 12.3 Å². The van der Waals surface area contributed by atoms with Crippen molar-refractivity contribution >= 4 is 5.97 Å². The third kappa shape index (κ3) is 2.90. The first-order valence-electron chi connectivity index (χ1n) is 6.55. The van der Waals surface area contributed by atoms with Gasteiger partial charge in [0.1, 0.15) is 6.04 Å². The van der Waals surface area contributed by atoms with Crippen LogP contribution in [0.25, 0.3) is 0 Å². The summed E-state index contributed by atoms with van der Waals surface area (Å²) in [6.07, 6.45) is 2.51. The largest absolute Gasteiger partial charge is 0.465 e. The number of aryl methyl sites for hydroxylation is 2. The molecule has 0 bridgehead atoms. The van der Waals surface area contributed by atoms with Crippen molar-refractivity contribution in [2.75, 3.05) is 13.2 Å². The second kappa shape index (κ2) is 5.52. The van der Waals surface area contributed by atoms with Crippen molar-refractivity contribution in [3.8, 4) is 0 Å². The summed E-state index contributed by atoms with van der Waals surface area (Å²) in [7, 11) is 0. The van der Waals surface area contributed by atoms with Gasteiger partial charge < -0.3 is 10.1 Å². The average Bonchev–Trinajstić information content (AvgIpc) is 3.10. The SMILES string of the molecule is CCOC(=O)C(NCC1CC1)c1c(C)n[nH]c1C. The Hall–Kier alpha value is -1.36. The maximum atomic E-state index is 12.1. The molecule has 0 saturated heterocycles. The molecule has 1 unspecified atom stereocenters. The molecule has 1 heterocycles. The minimum Gasteiger partial charge on any atom is -0.465 e. The number of hydrogen-bond donors (Lipinski definition) is 2. The highest BCUT2D eigenvalue weighted by atomic mass is 16.5. The highest BCUT2D eigenvalue weighted by Crippen LogP contribution is 2.29. The Balaban J connectivity index is 2.14. The van der Waals surface area contributed by atoms with Crippen molar-refractivity contribution in [1.29, 1.82) is 0 Å². The standard InChI is InChI=1S/C13H21N3O2/c1-4-18-13(17)12(14-7-10-5-6-10)11-8(2)15-16-9(11)3/h10,12,14H,4-7H2,1-3H3,(H,15,16). The molecule has 2 rings (SSSR count). The topological polar surface area (TPSA) is 67.0 Å². The maximum absolute atomic E-state index is 12.1. The van der Waals surface area contributed by atoms with Crippen LogP contribution in [-0.4, -0.2) is 29.3 Å². The van der Waals surface area contributed by atoms with Gasteiger partial charge in [0.2, 0.25) is 0 Å². The van der Waals surface area contributed by atoms with E-state index in [0.29, 0.717) is 6.61 Å². The molecule has 0 aliphatic heterocycles. The first-order valence-corrected chi connectivity index (χ1v) is 6.55. The Kier molecular flexibility index (Phi) is 4.01. The summed E-state index contributed by atoms with van der Waals surface area (Å²) in [5.41, 5.74) is 2.71. The molecular weight excluding hydrogens is 230 g/mol. The number of aromatic amines is 1. The first kappa shape index (κ1) is 13.1. The van der Waals surface area contributed by atoms with E-state index in [1.54, 1.807) is 0 Å². The molecule has 1 aliphatic carbocycles. The first-order chi connectivity index (χ1) is 8.63. The van der Waals surface area contributed by atoms with Crippen LogP contribution in [0.5, 0.6) is 0 Å². The third-order valence-corrected chi connectivity index (χ3v) is 3.30. The molecule has 0 spiro atoms. The van der Waals surface area contributed by atoms with Gasteiger partial charge in [-0.05, 0) is 46.1 Å². The number of ether oxygens (including phenoxy) is 1. The fourth-order valence-corrected chi connectivity index (χ4v) is 2.12. The molecule has 1 fully saturated rings. The Bertz CT molecular complexity index is 404. The molecule has 1 aliphatic rings. The number of carbonyl (C=O) groups excluding carboxylic acids is 1. The smallest absolute Gasteiger partial charge is 0.327 e. The number of hydrogen-bond acceptors (Lipinski definition) is 4. The van der Waals surface area contributed by atoms with Crippen LogP contribution in [-0.2, 0) is 9.53 Å². The van der Waals surface area contributed by atoms with E-state index in [0.717, 1.165) is 29.4 Å². The molecular formula is C13H21N3O2. The Morgan fingerprint density at radius 3 is 2.78 bits per heavy atom. The number of aromatic nitrogens is 2. The molecule has 1 atom stereocenters. The van der Waals surface area contributed by atoms with E-state index in [1.165, 1.54) is 12.8 Å². The van der Waals surface area contributed by atoms with Gasteiger partial charge in [-0.3, -0.25) is 5.10 Å². The number of carbonyl (C=O) groups is 1. The minimum atomic E-state index is -0.399. The van der Waals surface area contributed by atoms with E-state index in [2.05, 4.69) is 15.5 Å². The van der Waals surface area contributed by atoms with Crippen LogP contribution in [0, 0.1) is 19.8 Å². The van der Waals surface area contributed by atoms with Crippen LogP contribution in [0.2, 0.25) is 0 Å². The Labute approximate surface area is 107 Å². The minimum absolute atomic E-state index is 0.217. The third-order valence-electron chi connectivity index (χ3n) is 3.30. The average molecular weight is 251 g/mol. The van der Waals surface area contributed by atoms with E-state index in [-0.39, 0.29) is 5.97 Å². The molecule has 18 heavy (non-hydrogen) atoms. The molecule has 0 radical (unpaired) electrons. The monoisotopic (exact) mass is 251 g/mol. The molecule has 0 aromatic carbocycles. The summed E-state index contributed by atoms with van der Waals surface area (Å²) in [6, 6.07) is -0.399. The summed E-state index contributed by atoms with van der Waals surface area (Å²) in [5, 5.41) is 10.4. The van der Waals surface area contributed by atoms with Crippen molar-refractivity contribution in [3.63, 3.8) is 0 Å². The van der Waals surface area contributed by atoms with Gasteiger partial charge in [-0.15, -0.1) is 0 Å². The lowest BCUT2D eigenvalue weighted by atomic mass is 10.0. The van der Waals surface area contributed by atoms with Gasteiger partial charge in [-0.1, -0.05) is 0 Å². The van der Waals surface area contributed by atoms with Crippen molar-refractivity contribution in [2.24, 2.45) is 5.92 Å². The number of esters is 1.